The van der Waals surface area contributed by atoms with Gasteiger partial charge in [0.25, 0.3) is 0 Å². The van der Waals surface area contributed by atoms with Crippen molar-refractivity contribution >= 4 is 0 Å². The minimum atomic E-state index is -1.03. The van der Waals surface area contributed by atoms with Gasteiger partial charge in [-0.05, 0) is 72.3 Å². The molecule has 3 aliphatic rings. The molecule has 4 heteroatoms. The van der Waals surface area contributed by atoms with Gasteiger partial charge < -0.3 is 20.1 Å². The van der Waals surface area contributed by atoms with Crippen LogP contribution in [0.5, 0.6) is 5.75 Å². The summed E-state index contributed by atoms with van der Waals surface area (Å²) in [6.07, 6.45) is 1.06. The summed E-state index contributed by atoms with van der Waals surface area (Å²) in [5.74, 6) is 1.54. The number of fused-ring (bicyclic) bond motifs is 5. The first-order valence-corrected chi connectivity index (χ1v) is 10.8. The van der Waals surface area contributed by atoms with Gasteiger partial charge in [0.15, 0.2) is 0 Å². The molecule has 154 valence electrons. The third kappa shape index (κ3) is 3.00. The van der Waals surface area contributed by atoms with Crippen LogP contribution in [0.4, 0.5) is 0 Å². The molecule has 0 heterocycles. The maximum Gasteiger partial charge on any atom is 0.120 e. The number of hydrogen-bond acceptors (Lipinski definition) is 4. The lowest BCUT2D eigenvalue weighted by Crippen LogP contribution is -2.46. The molecule has 5 rings (SSSR count). The molecule has 2 saturated carbocycles. The van der Waals surface area contributed by atoms with Gasteiger partial charge in [-0.25, -0.2) is 0 Å². The number of ether oxygens (including phenoxy) is 1. The van der Waals surface area contributed by atoms with Crippen molar-refractivity contribution < 1.29 is 20.1 Å². The Balaban J connectivity index is 1.37. The average molecular weight is 395 g/mol. The van der Waals surface area contributed by atoms with Crippen LogP contribution in [0.2, 0.25) is 0 Å². The van der Waals surface area contributed by atoms with Crippen molar-refractivity contribution in [3.63, 3.8) is 0 Å². The monoisotopic (exact) mass is 394 g/mol. The van der Waals surface area contributed by atoms with E-state index >= 15 is 0 Å². The van der Waals surface area contributed by atoms with E-state index in [9.17, 15) is 15.3 Å². The predicted molar refractivity (Wildman–Crippen MR) is 111 cm³/mol. The molecule has 0 saturated heterocycles. The van der Waals surface area contributed by atoms with Crippen LogP contribution in [0.1, 0.15) is 48.8 Å². The van der Waals surface area contributed by atoms with E-state index in [1.807, 2.05) is 25.1 Å². The molecule has 0 bridgehead atoms. The largest absolute Gasteiger partial charge is 0.489 e. The Hall–Kier alpha value is -1.88. The van der Waals surface area contributed by atoms with Crippen molar-refractivity contribution in [1.82, 2.24) is 0 Å². The highest BCUT2D eigenvalue weighted by atomic mass is 16.5. The van der Waals surface area contributed by atoms with Gasteiger partial charge in [-0.15, -0.1) is 0 Å². The van der Waals surface area contributed by atoms with Gasteiger partial charge in [-0.2, -0.15) is 0 Å². The number of benzene rings is 2. The van der Waals surface area contributed by atoms with Gasteiger partial charge in [-0.3, -0.25) is 0 Å². The third-order valence-corrected chi connectivity index (χ3v) is 7.96. The van der Waals surface area contributed by atoms with E-state index < -0.39 is 23.7 Å². The third-order valence-electron chi connectivity index (χ3n) is 7.96. The van der Waals surface area contributed by atoms with E-state index in [0.29, 0.717) is 18.4 Å². The zero-order chi connectivity index (χ0) is 20.2. The van der Waals surface area contributed by atoms with Crippen molar-refractivity contribution in [3.8, 4) is 5.75 Å². The molecule has 3 N–H and O–H groups in total. The molecule has 2 aromatic carbocycles. The summed E-state index contributed by atoms with van der Waals surface area (Å²) in [5.41, 5.74) is 3.47. The van der Waals surface area contributed by atoms with E-state index in [2.05, 4.69) is 30.3 Å². The molecule has 4 nitrogen and oxygen atoms in total. The molecule has 0 aromatic heterocycles. The van der Waals surface area contributed by atoms with E-state index in [1.54, 1.807) is 0 Å². The topological polar surface area (TPSA) is 69.9 Å². The molecule has 0 aliphatic heterocycles. The lowest BCUT2D eigenvalue weighted by atomic mass is 9.55. The van der Waals surface area contributed by atoms with Crippen molar-refractivity contribution in [2.45, 2.75) is 63.4 Å². The summed E-state index contributed by atoms with van der Waals surface area (Å²) < 4.78 is 6.02. The first kappa shape index (κ1) is 19.1. The van der Waals surface area contributed by atoms with Gasteiger partial charge >= 0.3 is 0 Å². The molecule has 3 aliphatic carbocycles. The molecular formula is C25H30O4. The molecular weight excluding hydrogens is 364 g/mol. The van der Waals surface area contributed by atoms with Crippen LogP contribution in [0, 0.1) is 17.3 Å². The van der Waals surface area contributed by atoms with Crippen LogP contribution in [-0.4, -0.2) is 33.6 Å². The minimum Gasteiger partial charge on any atom is -0.489 e. The summed E-state index contributed by atoms with van der Waals surface area (Å²) in [5, 5.41) is 31.6. The summed E-state index contributed by atoms with van der Waals surface area (Å²) in [4.78, 5) is 0. The standard InChI is InChI=1S/C25H30O4/c1-25-12-11-19-18-10-8-17(29-14-15-5-3-2-4-6-15)13-16(18)7-9-20(19)21(25)22(26)23(27)24(25)28/h2-6,8,10,13,19-24,26-28H,7,9,11-12,14H2,1H3/t19?,20?,21?,22?,23?,24-,25-/m0/s1. The van der Waals surface area contributed by atoms with Crippen LogP contribution >= 0.6 is 0 Å². The number of aryl methyl sites for hydroxylation is 1. The zero-order valence-electron chi connectivity index (χ0n) is 16.9. The molecule has 29 heavy (non-hydrogen) atoms. The van der Waals surface area contributed by atoms with E-state index in [0.717, 1.165) is 37.0 Å². The second-order valence-electron chi connectivity index (χ2n) is 9.44. The van der Waals surface area contributed by atoms with E-state index in [4.69, 9.17) is 4.74 Å². The summed E-state index contributed by atoms with van der Waals surface area (Å²) >= 11 is 0. The second kappa shape index (κ2) is 7.12. The van der Waals surface area contributed by atoms with Crippen LogP contribution in [-0.2, 0) is 13.0 Å². The van der Waals surface area contributed by atoms with Gasteiger partial charge in [0.05, 0.1) is 12.2 Å². The fourth-order valence-electron chi connectivity index (χ4n) is 6.44. The van der Waals surface area contributed by atoms with Crippen molar-refractivity contribution in [3.05, 3.63) is 65.2 Å². The normalized spacial score (nSPS) is 38.1. The second-order valence-corrected chi connectivity index (χ2v) is 9.44. The SMILES string of the molecule is C[C@]12CCC3c4ccc(OCc5ccccc5)cc4CCC3C1C(O)C(O)[C@@H]2O. The summed E-state index contributed by atoms with van der Waals surface area (Å²) in [6.45, 7) is 2.61. The Kier molecular flexibility index (Phi) is 4.69. The molecule has 0 radical (unpaired) electrons. The van der Waals surface area contributed by atoms with Gasteiger partial charge in [0.2, 0.25) is 0 Å². The molecule has 2 fully saturated rings. The van der Waals surface area contributed by atoms with Gasteiger partial charge in [0, 0.05) is 5.41 Å². The first-order chi connectivity index (χ1) is 14.0. The van der Waals surface area contributed by atoms with Gasteiger partial charge in [0.1, 0.15) is 18.5 Å². The van der Waals surface area contributed by atoms with Crippen molar-refractivity contribution in [2.75, 3.05) is 0 Å². The highest BCUT2D eigenvalue weighted by Gasteiger charge is 2.62. The first-order valence-electron chi connectivity index (χ1n) is 10.8. The number of rotatable bonds is 3. The lowest BCUT2D eigenvalue weighted by Gasteiger charge is -2.50. The maximum atomic E-state index is 10.7. The fourth-order valence-corrected chi connectivity index (χ4v) is 6.44. The van der Waals surface area contributed by atoms with Crippen molar-refractivity contribution in [2.24, 2.45) is 17.3 Å². The zero-order valence-corrected chi connectivity index (χ0v) is 16.9. The van der Waals surface area contributed by atoms with E-state index in [1.165, 1.54) is 11.1 Å². The summed E-state index contributed by atoms with van der Waals surface area (Å²) in [6, 6.07) is 16.6. The Bertz CT molecular complexity index is 882. The quantitative estimate of drug-likeness (QED) is 0.746. The molecule has 7 atom stereocenters. The molecule has 0 amide bonds. The van der Waals surface area contributed by atoms with Crippen LogP contribution in [0.3, 0.4) is 0 Å². The molecule has 5 unspecified atom stereocenters. The Morgan fingerprint density at radius 1 is 1.00 bits per heavy atom. The Labute approximate surface area is 172 Å². The minimum absolute atomic E-state index is 0.0478. The van der Waals surface area contributed by atoms with Crippen LogP contribution in [0.25, 0.3) is 0 Å². The maximum absolute atomic E-state index is 10.7. The highest BCUT2D eigenvalue weighted by molar-refractivity contribution is 5.41. The van der Waals surface area contributed by atoms with Gasteiger partial charge in [-0.1, -0.05) is 43.3 Å². The number of aliphatic hydroxyl groups excluding tert-OH is 3. The highest BCUT2D eigenvalue weighted by Crippen LogP contribution is 2.61. The van der Waals surface area contributed by atoms with Crippen LogP contribution in [0.15, 0.2) is 48.5 Å². The van der Waals surface area contributed by atoms with Crippen molar-refractivity contribution in [1.29, 1.82) is 0 Å². The smallest absolute Gasteiger partial charge is 0.120 e. The Morgan fingerprint density at radius 2 is 1.79 bits per heavy atom. The predicted octanol–water partition coefficient (Wildman–Crippen LogP) is 3.42. The number of hydrogen-bond donors (Lipinski definition) is 3. The van der Waals surface area contributed by atoms with E-state index in [-0.39, 0.29) is 5.92 Å². The van der Waals surface area contributed by atoms with Crippen LogP contribution < -0.4 is 4.74 Å². The summed E-state index contributed by atoms with van der Waals surface area (Å²) in [7, 11) is 0. The fraction of sp³-hybridized carbons (Fsp3) is 0.520. The molecule has 2 aromatic rings. The average Bonchev–Trinajstić information content (AvgIpc) is 2.93. The lowest BCUT2D eigenvalue weighted by molar-refractivity contribution is -0.0505. The Morgan fingerprint density at radius 3 is 2.59 bits per heavy atom. The molecule has 0 spiro atoms. The number of aliphatic hydroxyl groups is 3.